The zero-order valence-corrected chi connectivity index (χ0v) is 43.3. The van der Waals surface area contributed by atoms with Crippen LogP contribution in [0.2, 0.25) is 13.1 Å². The standard InChI is InChI=1S/2C27H33.C2H6Si.2ClH.Zr/c2*1-4-11-27(12-6-5-7-13-27)19-22-17-23-9-8-10-25(26(23)18-22)24-15-20(2)14-21(3)16-24;1-3-2;;;/h2*8-10,14-18H,4-7,11-13,19H2,1-3H3;1-2H3;2*1H;/q2*-1;;;;+4/p-2. The molecule has 0 aromatic heterocycles. The van der Waals surface area contributed by atoms with Gasteiger partial charge in [0.05, 0.1) is 0 Å². The van der Waals surface area contributed by atoms with Crippen LogP contribution in [-0.2, 0) is 33.7 Å². The molecule has 6 aromatic carbocycles. The molecule has 0 atom stereocenters. The van der Waals surface area contributed by atoms with Crippen LogP contribution < -0.4 is 0 Å². The molecule has 0 bridgehead atoms. The van der Waals surface area contributed by atoms with Crippen molar-refractivity contribution in [1.82, 2.24) is 0 Å². The summed E-state index contributed by atoms with van der Waals surface area (Å²) < 4.78 is 0. The number of hydrogen-bond donors (Lipinski definition) is 0. The third-order valence-electron chi connectivity index (χ3n) is 13.2. The van der Waals surface area contributed by atoms with Gasteiger partial charge in [0.2, 0.25) is 0 Å². The van der Waals surface area contributed by atoms with Gasteiger partial charge in [-0.05, 0) is 101 Å². The molecule has 318 valence electrons. The molecule has 4 heteroatoms. The van der Waals surface area contributed by atoms with Crippen molar-refractivity contribution < 1.29 is 20.8 Å². The summed E-state index contributed by atoms with van der Waals surface area (Å²) in [6.45, 7) is 17.8. The van der Waals surface area contributed by atoms with Crippen molar-refractivity contribution in [3.63, 3.8) is 0 Å². The molecule has 0 unspecified atom stereocenters. The Hall–Kier alpha value is -2.22. The molecule has 2 fully saturated rings. The molecule has 0 nitrogen and oxygen atoms in total. The molecule has 2 radical (unpaired) electrons. The fraction of sp³-hybridized carbons (Fsp3) is 0.464. The molecule has 0 amide bonds. The van der Waals surface area contributed by atoms with E-state index in [2.05, 4.69) is 152 Å². The maximum absolute atomic E-state index is 4.93. The second-order valence-corrected chi connectivity index (χ2v) is 23.4. The molecule has 60 heavy (non-hydrogen) atoms. The monoisotopic (exact) mass is 932 g/mol. The van der Waals surface area contributed by atoms with Crippen LogP contribution in [-0.4, -0.2) is 9.52 Å². The Morgan fingerprint density at radius 1 is 0.533 bits per heavy atom. The first-order valence-electron chi connectivity index (χ1n) is 23.1. The molecular weight excluding hydrogens is 863 g/mol. The Morgan fingerprint density at radius 2 is 0.867 bits per heavy atom. The molecule has 2 aliphatic rings. The van der Waals surface area contributed by atoms with Crippen molar-refractivity contribution in [1.29, 1.82) is 0 Å². The van der Waals surface area contributed by atoms with Gasteiger partial charge in [-0.1, -0.05) is 160 Å². The fourth-order valence-electron chi connectivity index (χ4n) is 11.1. The second-order valence-electron chi connectivity index (χ2n) is 18.6. The van der Waals surface area contributed by atoms with Crippen LogP contribution in [0.25, 0.3) is 43.8 Å². The molecule has 2 saturated carbocycles. The number of aryl methyl sites for hydroxylation is 4. The Balaban J connectivity index is 0.000000201. The molecular formula is C56H72Cl2SiZr. The van der Waals surface area contributed by atoms with Gasteiger partial charge in [0.15, 0.2) is 0 Å². The van der Waals surface area contributed by atoms with Crippen LogP contribution in [0.3, 0.4) is 0 Å². The van der Waals surface area contributed by atoms with Gasteiger partial charge < -0.3 is 0 Å². The predicted octanol–water partition coefficient (Wildman–Crippen LogP) is 18.4. The van der Waals surface area contributed by atoms with E-state index in [4.69, 9.17) is 17.0 Å². The summed E-state index contributed by atoms with van der Waals surface area (Å²) >= 11 is -0.826. The summed E-state index contributed by atoms with van der Waals surface area (Å²) in [7, 11) is 11.0. The fourth-order valence-corrected chi connectivity index (χ4v) is 11.1. The Kier molecular flexibility index (Phi) is 19.5. The summed E-state index contributed by atoms with van der Waals surface area (Å²) in [4.78, 5) is 0. The minimum absolute atomic E-state index is 0.553. The van der Waals surface area contributed by atoms with E-state index in [0.29, 0.717) is 10.8 Å². The van der Waals surface area contributed by atoms with E-state index in [1.165, 1.54) is 169 Å². The molecule has 0 spiro atoms. The van der Waals surface area contributed by atoms with E-state index >= 15 is 0 Å². The zero-order chi connectivity index (χ0) is 43.1. The van der Waals surface area contributed by atoms with Gasteiger partial charge in [-0.25, -0.2) is 0 Å². The van der Waals surface area contributed by atoms with Crippen molar-refractivity contribution in [2.24, 2.45) is 10.8 Å². The number of benzene rings is 4. The Bertz CT molecular complexity index is 2000. The summed E-state index contributed by atoms with van der Waals surface area (Å²) in [5, 5.41) is 5.67. The van der Waals surface area contributed by atoms with Crippen LogP contribution in [0.15, 0.2) is 97.1 Å². The summed E-state index contributed by atoms with van der Waals surface area (Å²) in [6.07, 6.45) is 22.2. The first-order chi connectivity index (χ1) is 29.0. The summed E-state index contributed by atoms with van der Waals surface area (Å²) in [5.74, 6) is 0. The van der Waals surface area contributed by atoms with Crippen LogP contribution in [0.1, 0.15) is 137 Å². The normalized spacial score (nSPS) is 15.5. The van der Waals surface area contributed by atoms with Crippen molar-refractivity contribution >= 4 is 48.1 Å². The first kappa shape index (κ1) is 48.8. The summed E-state index contributed by atoms with van der Waals surface area (Å²) in [6, 6.07) is 37.4. The second kappa shape index (κ2) is 24.0. The number of fused-ring (bicyclic) bond motifs is 2. The van der Waals surface area contributed by atoms with Gasteiger partial charge in [0.25, 0.3) is 0 Å². The average molecular weight is 935 g/mol. The van der Waals surface area contributed by atoms with Gasteiger partial charge in [-0.15, -0.1) is 69.1 Å². The number of hydrogen-bond acceptors (Lipinski definition) is 0. The molecule has 0 heterocycles. The number of rotatable bonds is 10. The van der Waals surface area contributed by atoms with Crippen molar-refractivity contribution in [2.75, 3.05) is 0 Å². The van der Waals surface area contributed by atoms with Gasteiger partial charge in [0.1, 0.15) is 0 Å². The van der Waals surface area contributed by atoms with Crippen molar-refractivity contribution in [3.8, 4) is 22.3 Å². The first-order valence-corrected chi connectivity index (χ1v) is 31.4. The maximum atomic E-state index is 4.93. The molecule has 6 aromatic rings. The molecule has 2 aliphatic carbocycles. The van der Waals surface area contributed by atoms with E-state index in [1.54, 1.807) is 11.1 Å². The van der Waals surface area contributed by atoms with E-state index in [-0.39, 0.29) is 0 Å². The van der Waals surface area contributed by atoms with Crippen molar-refractivity contribution in [2.45, 2.75) is 157 Å². The van der Waals surface area contributed by atoms with Gasteiger partial charge in [0, 0.05) is 9.52 Å². The van der Waals surface area contributed by atoms with Gasteiger partial charge in [-0.2, -0.15) is 12.1 Å². The predicted molar refractivity (Wildman–Crippen MR) is 266 cm³/mol. The van der Waals surface area contributed by atoms with Crippen molar-refractivity contribution in [3.05, 3.63) is 130 Å². The van der Waals surface area contributed by atoms with Crippen LogP contribution in [0.5, 0.6) is 0 Å². The molecule has 0 aliphatic heterocycles. The van der Waals surface area contributed by atoms with E-state index in [9.17, 15) is 0 Å². The summed E-state index contributed by atoms with van der Waals surface area (Å²) in [5.41, 5.74) is 15.1. The Labute approximate surface area is 386 Å². The van der Waals surface area contributed by atoms with E-state index < -0.39 is 20.8 Å². The van der Waals surface area contributed by atoms with Crippen LogP contribution in [0, 0.1) is 38.5 Å². The SMILES string of the molecule is CCCC1(Cc2cc3c(-c4cc(C)cc(C)c4)cccc3[cH-]2)CCCCC1.CCCC1(Cc2cc3c(-c4cc(C)cc(C)c4)cccc3[cH-]2)CCCCC1.C[Si]C.[Cl][Zr+2][Cl]. The third kappa shape index (κ3) is 13.4. The number of halogens is 2. The van der Waals surface area contributed by atoms with E-state index in [1.807, 2.05) is 0 Å². The molecule has 0 saturated heterocycles. The Morgan fingerprint density at radius 3 is 1.18 bits per heavy atom. The van der Waals surface area contributed by atoms with Gasteiger partial charge in [-0.3, -0.25) is 0 Å². The third-order valence-corrected chi connectivity index (χ3v) is 13.2. The van der Waals surface area contributed by atoms with Crippen LogP contribution in [0.4, 0.5) is 0 Å². The molecule has 0 N–H and O–H groups in total. The average Bonchev–Trinajstić information content (AvgIpc) is 3.82. The quantitative estimate of drug-likeness (QED) is 0.0948. The van der Waals surface area contributed by atoms with Crippen LogP contribution >= 0.6 is 17.0 Å². The van der Waals surface area contributed by atoms with Gasteiger partial charge >= 0.3 is 37.9 Å². The topological polar surface area (TPSA) is 0 Å². The minimum atomic E-state index is -0.826. The zero-order valence-electron chi connectivity index (χ0n) is 38.3. The molecule has 8 rings (SSSR count). The van der Waals surface area contributed by atoms with E-state index in [0.717, 1.165) is 9.52 Å².